The standard InChI is InChI=1S/C25H31N5O4S/c1-4-28-12-14-29(15-13-28)35(33,34)21-7-5-6-20(17-21)26-25(32)22-10-11-24(31)30(27-22)23-16-18(2)8-9-19(23)3/h5-9,16-17H,4,10-15H2,1-3H3,(H,26,32). The molecule has 1 fully saturated rings. The molecule has 0 spiro atoms. The molecule has 4 rings (SSSR count). The Bertz CT molecular complexity index is 1270. The molecule has 0 radical (unpaired) electrons. The Morgan fingerprint density at radius 3 is 2.49 bits per heavy atom. The number of aryl methyl sites for hydroxylation is 2. The number of hydrogen-bond donors (Lipinski definition) is 1. The maximum Gasteiger partial charge on any atom is 0.271 e. The Morgan fingerprint density at radius 2 is 1.77 bits per heavy atom. The zero-order valence-corrected chi connectivity index (χ0v) is 21.1. The van der Waals surface area contributed by atoms with Gasteiger partial charge in [-0.3, -0.25) is 9.59 Å². The van der Waals surface area contributed by atoms with Gasteiger partial charge in [-0.15, -0.1) is 0 Å². The summed E-state index contributed by atoms with van der Waals surface area (Å²) in [5.74, 6) is -0.634. The van der Waals surface area contributed by atoms with Crippen LogP contribution in [-0.2, 0) is 19.6 Å². The van der Waals surface area contributed by atoms with E-state index in [9.17, 15) is 18.0 Å². The molecule has 0 aliphatic carbocycles. The molecular weight excluding hydrogens is 466 g/mol. The molecular formula is C25H31N5O4S. The smallest absolute Gasteiger partial charge is 0.271 e. The second-order valence-corrected chi connectivity index (χ2v) is 10.8. The summed E-state index contributed by atoms with van der Waals surface area (Å²) in [6.45, 7) is 9.04. The molecule has 9 nitrogen and oxygen atoms in total. The molecule has 10 heteroatoms. The van der Waals surface area contributed by atoms with E-state index < -0.39 is 15.9 Å². The summed E-state index contributed by atoms with van der Waals surface area (Å²) in [5.41, 5.74) is 3.10. The summed E-state index contributed by atoms with van der Waals surface area (Å²) in [7, 11) is -3.67. The normalized spacial score (nSPS) is 17.9. The van der Waals surface area contributed by atoms with Gasteiger partial charge in [-0.2, -0.15) is 9.41 Å². The molecule has 1 N–H and O–H groups in total. The van der Waals surface area contributed by atoms with Crippen LogP contribution in [0.1, 0.15) is 30.9 Å². The highest BCUT2D eigenvalue weighted by molar-refractivity contribution is 7.89. The van der Waals surface area contributed by atoms with E-state index in [1.54, 1.807) is 12.1 Å². The number of carbonyl (C=O) groups is 2. The lowest BCUT2D eigenvalue weighted by Gasteiger charge is -2.33. The van der Waals surface area contributed by atoms with Crippen molar-refractivity contribution in [3.05, 3.63) is 53.6 Å². The zero-order chi connectivity index (χ0) is 25.2. The Labute approximate surface area is 206 Å². The van der Waals surface area contributed by atoms with E-state index in [0.717, 1.165) is 17.7 Å². The first kappa shape index (κ1) is 25.0. The number of likely N-dealkylation sites (N-methyl/N-ethyl adjacent to an activating group) is 1. The van der Waals surface area contributed by atoms with Gasteiger partial charge in [0.05, 0.1) is 10.6 Å². The van der Waals surface area contributed by atoms with E-state index in [1.165, 1.54) is 21.4 Å². The first-order valence-corrected chi connectivity index (χ1v) is 13.2. The largest absolute Gasteiger partial charge is 0.321 e. The first-order valence-electron chi connectivity index (χ1n) is 11.8. The second-order valence-electron chi connectivity index (χ2n) is 8.86. The molecule has 2 aliphatic rings. The third-order valence-electron chi connectivity index (χ3n) is 6.40. The van der Waals surface area contributed by atoms with Crippen molar-refractivity contribution < 1.29 is 18.0 Å². The molecule has 2 aromatic rings. The van der Waals surface area contributed by atoms with Crippen LogP contribution in [0.25, 0.3) is 0 Å². The quantitative estimate of drug-likeness (QED) is 0.661. The maximum atomic E-state index is 13.1. The number of anilines is 2. The van der Waals surface area contributed by atoms with E-state index in [0.29, 0.717) is 37.6 Å². The third kappa shape index (κ3) is 5.44. The summed E-state index contributed by atoms with van der Waals surface area (Å²) < 4.78 is 27.8. The van der Waals surface area contributed by atoms with Crippen LogP contribution in [0.15, 0.2) is 52.5 Å². The fourth-order valence-corrected chi connectivity index (χ4v) is 5.69. The minimum atomic E-state index is -3.67. The van der Waals surface area contributed by atoms with Crippen LogP contribution in [-0.4, -0.2) is 67.9 Å². The predicted octanol–water partition coefficient (Wildman–Crippen LogP) is 2.75. The zero-order valence-electron chi connectivity index (χ0n) is 20.3. The van der Waals surface area contributed by atoms with Crippen LogP contribution in [0.2, 0.25) is 0 Å². The van der Waals surface area contributed by atoms with Crippen molar-refractivity contribution in [1.29, 1.82) is 0 Å². The molecule has 2 aliphatic heterocycles. The van der Waals surface area contributed by atoms with Gasteiger partial charge in [0.1, 0.15) is 5.71 Å². The van der Waals surface area contributed by atoms with Crippen molar-refractivity contribution in [3.8, 4) is 0 Å². The highest BCUT2D eigenvalue weighted by Gasteiger charge is 2.29. The van der Waals surface area contributed by atoms with Crippen LogP contribution < -0.4 is 10.3 Å². The number of piperazine rings is 1. The first-order chi connectivity index (χ1) is 16.7. The summed E-state index contributed by atoms with van der Waals surface area (Å²) >= 11 is 0. The number of nitrogens with zero attached hydrogens (tertiary/aromatic N) is 4. The Morgan fingerprint density at radius 1 is 1.03 bits per heavy atom. The van der Waals surface area contributed by atoms with Crippen molar-refractivity contribution in [2.45, 2.75) is 38.5 Å². The van der Waals surface area contributed by atoms with Gasteiger partial charge in [-0.1, -0.05) is 25.1 Å². The molecule has 186 valence electrons. The molecule has 1 saturated heterocycles. The molecule has 35 heavy (non-hydrogen) atoms. The number of carbonyl (C=O) groups excluding carboxylic acids is 2. The lowest BCUT2D eigenvalue weighted by atomic mass is 10.1. The van der Waals surface area contributed by atoms with Crippen molar-refractivity contribution in [2.24, 2.45) is 5.10 Å². The molecule has 2 aromatic carbocycles. The van der Waals surface area contributed by atoms with Crippen LogP contribution >= 0.6 is 0 Å². The average Bonchev–Trinajstić information content (AvgIpc) is 2.86. The van der Waals surface area contributed by atoms with Crippen LogP contribution in [0.4, 0.5) is 11.4 Å². The molecule has 0 aromatic heterocycles. The minimum Gasteiger partial charge on any atom is -0.321 e. The van der Waals surface area contributed by atoms with Gasteiger partial charge in [-0.05, 0) is 55.8 Å². The number of benzene rings is 2. The third-order valence-corrected chi connectivity index (χ3v) is 8.29. The Balaban J connectivity index is 1.52. The van der Waals surface area contributed by atoms with Gasteiger partial charge in [0.2, 0.25) is 15.9 Å². The van der Waals surface area contributed by atoms with Gasteiger partial charge in [0.25, 0.3) is 5.91 Å². The van der Waals surface area contributed by atoms with Gasteiger partial charge in [-0.25, -0.2) is 13.4 Å². The molecule has 0 bridgehead atoms. The number of hydrogen-bond acceptors (Lipinski definition) is 6. The lowest BCUT2D eigenvalue weighted by molar-refractivity contribution is -0.118. The maximum absolute atomic E-state index is 13.1. The highest BCUT2D eigenvalue weighted by atomic mass is 32.2. The van der Waals surface area contributed by atoms with Gasteiger partial charge in [0.15, 0.2) is 0 Å². The monoisotopic (exact) mass is 497 g/mol. The number of sulfonamides is 1. The number of rotatable bonds is 6. The Kier molecular flexibility index (Phi) is 7.34. The van der Waals surface area contributed by atoms with Crippen LogP contribution in [0, 0.1) is 13.8 Å². The van der Waals surface area contributed by atoms with Gasteiger partial charge < -0.3 is 10.2 Å². The van der Waals surface area contributed by atoms with Crippen LogP contribution in [0.5, 0.6) is 0 Å². The minimum absolute atomic E-state index is 0.137. The van der Waals surface area contributed by atoms with E-state index in [2.05, 4.69) is 22.2 Å². The SMILES string of the molecule is CCN1CCN(S(=O)(=O)c2cccc(NC(=O)C3=NN(c4cc(C)ccc4C)C(=O)CC3)c2)CC1. The lowest BCUT2D eigenvalue weighted by Crippen LogP contribution is -2.48. The highest BCUT2D eigenvalue weighted by Crippen LogP contribution is 2.26. The average molecular weight is 498 g/mol. The van der Waals surface area contributed by atoms with Gasteiger partial charge in [0, 0.05) is 44.7 Å². The molecule has 2 amide bonds. The predicted molar refractivity (Wildman–Crippen MR) is 136 cm³/mol. The van der Waals surface area contributed by atoms with Crippen LogP contribution in [0.3, 0.4) is 0 Å². The summed E-state index contributed by atoms with van der Waals surface area (Å²) in [6.07, 6.45) is 0.378. The summed E-state index contributed by atoms with van der Waals surface area (Å²) in [6, 6.07) is 12.0. The van der Waals surface area contributed by atoms with E-state index in [-0.39, 0.29) is 29.4 Å². The van der Waals surface area contributed by atoms with Gasteiger partial charge >= 0.3 is 0 Å². The summed E-state index contributed by atoms with van der Waals surface area (Å²) in [5, 5.41) is 8.39. The molecule has 0 unspecified atom stereocenters. The Hall–Kier alpha value is -3.08. The topological polar surface area (TPSA) is 102 Å². The molecule has 0 atom stereocenters. The van der Waals surface area contributed by atoms with Crippen molar-refractivity contribution >= 4 is 38.9 Å². The second kappa shape index (κ2) is 10.3. The van der Waals surface area contributed by atoms with Crippen molar-refractivity contribution in [1.82, 2.24) is 9.21 Å². The molecule has 0 saturated carbocycles. The molecule has 2 heterocycles. The van der Waals surface area contributed by atoms with E-state index >= 15 is 0 Å². The number of amides is 2. The van der Waals surface area contributed by atoms with E-state index in [1.807, 2.05) is 32.0 Å². The fraction of sp³-hybridized carbons (Fsp3) is 0.400. The van der Waals surface area contributed by atoms with Crippen molar-refractivity contribution in [2.75, 3.05) is 43.0 Å². The fourth-order valence-electron chi connectivity index (χ4n) is 4.23. The number of hydrazone groups is 1. The van der Waals surface area contributed by atoms with Crippen molar-refractivity contribution in [3.63, 3.8) is 0 Å². The number of nitrogens with one attached hydrogen (secondary N) is 1. The summed E-state index contributed by atoms with van der Waals surface area (Å²) in [4.78, 5) is 27.9. The van der Waals surface area contributed by atoms with E-state index in [4.69, 9.17) is 0 Å².